The Balaban J connectivity index is 2.09. The van der Waals surface area contributed by atoms with E-state index >= 15 is 0 Å². The first kappa shape index (κ1) is 14.2. The number of likely N-dealkylation sites (tertiary alicyclic amines) is 1. The lowest BCUT2D eigenvalue weighted by Gasteiger charge is -2.21. The number of nitrogens with zero attached hydrogens (tertiary/aromatic N) is 2. The van der Waals surface area contributed by atoms with Crippen LogP contribution in [0.5, 0.6) is 0 Å². The minimum Gasteiger partial charge on any atom is -0.341 e. The normalized spacial score (nSPS) is 16.6. The largest absolute Gasteiger partial charge is 0.341 e. The number of imidazole rings is 1. The van der Waals surface area contributed by atoms with Gasteiger partial charge in [-0.2, -0.15) is 0 Å². The van der Waals surface area contributed by atoms with Crippen LogP contribution in [0.1, 0.15) is 25.8 Å². The SMILES string of the molecule is CC(C(=O)N1CCCC1)n1c(=S)[nH]c2c(F)cc(F)cc21. The summed E-state index contributed by atoms with van der Waals surface area (Å²) in [7, 11) is 0. The van der Waals surface area contributed by atoms with E-state index in [1.807, 2.05) is 0 Å². The fraction of sp³-hybridized carbons (Fsp3) is 0.429. The predicted octanol–water partition coefficient (Wildman–Crippen LogP) is 3.16. The van der Waals surface area contributed by atoms with Gasteiger partial charge in [-0.15, -0.1) is 0 Å². The van der Waals surface area contributed by atoms with Crippen molar-refractivity contribution in [1.29, 1.82) is 0 Å². The van der Waals surface area contributed by atoms with Crippen LogP contribution in [-0.4, -0.2) is 33.4 Å². The molecular weight excluding hydrogens is 296 g/mol. The molecule has 21 heavy (non-hydrogen) atoms. The number of amides is 1. The van der Waals surface area contributed by atoms with E-state index in [-0.39, 0.29) is 21.7 Å². The maximum Gasteiger partial charge on any atom is 0.245 e. The van der Waals surface area contributed by atoms with Gasteiger partial charge in [-0.25, -0.2) is 8.78 Å². The number of H-pyrrole nitrogens is 1. The molecule has 0 radical (unpaired) electrons. The Morgan fingerprint density at radius 3 is 2.67 bits per heavy atom. The topological polar surface area (TPSA) is 41.0 Å². The molecule has 0 bridgehead atoms. The third kappa shape index (κ3) is 2.35. The molecule has 4 nitrogen and oxygen atoms in total. The molecule has 1 aliphatic rings. The summed E-state index contributed by atoms with van der Waals surface area (Å²) in [5, 5.41) is 0. The van der Waals surface area contributed by atoms with Crippen LogP contribution in [0.2, 0.25) is 0 Å². The number of fused-ring (bicyclic) bond motifs is 1. The number of benzene rings is 1. The van der Waals surface area contributed by atoms with Crippen molar-refractivity contribution in [3.8, 4) is 0 Å². The highest BCUT2D eigenvalue weighted by molar-refractivity contribution is 7.71. The summed E-state index contributed by atoms with van der Waals surface area (Å²) in [6, 6.07) is 1.40. The second kappa shape index (κ2) is 5.22. The number of halogens is 2. The van der Waals surface area contributed by atoms with Crippen LogP contribution in [-0.2, 0) is 4.79 Å². The van der Waals surface area contributed by atoms with E-state index in [1.54, 1.807) is 11.8 Å². The Morgan fingerprint density at radius 2 is 2.00 bits per heavy atom. The molecule has 1 aromatic heterocycles. The molecule has 1 fully saturated rings. The van der Waals surface area contributed by atoms with E-state index < -0.39 is 17.7 Å². The van der Waals surface area contributed by atoms with Crippen molar-refractivity contribution in [2.24, 2.45) is 0 Å². The Labute approximate surface area is 125 Å². The minimum absolute atomic E-state index is 0.0748. The van der Waals surface area contributed by atoms with E-state index in [4.69, 9.17) is 12.2 Å². The van der Waals surface area contributed by atoms with Crippen LogP contribution in [0.25, 0.3) is 11.0 Å². The first-order valence-electron chi connectivity index (χ1n) is 6.87. The number of nitrogens with one attached hydrogen (secondary N) is 1. The lowest BCUT2D eigenvalue weighted by Crippen LogP contribution is -2.34. The highest BCUT2D eigenvalue weighted by Crippen LogP contribution is 2.24. The molecule has 2 aromatic rings. The average molecular weight is 311 g/mol. The average Bonchev–Trinajstić information content (AvgIpc) is 3.04. The molecule has 1 aromatic carbocycles. The second-order valence-electron chi connectivity index (χ2n) is 5.29. The van der Waals surface area contributed by atoms with Crippen molar-refractivity contribution in [2.45, 2.75) is 25.8 Å². The number of hydrogen-bond donors (Lipinski definition) is 1. The van der Waals surface area contributed by atoms with Crippen LogP contribution < -0.4 is 0 Å². The number of carbonyl (C=O) groups excluding carboxylic acids is 1. The van der Waals surface area contributed by atoms with E-state index in [2.05, 4.69) is 4.98 Å². The molecule has 112 valence electrons. The highest BCUT2D eigenvalue weighted by Gasteiger charge is 2.26. The highest BCUT2D eigenvalue weighted by atomic mass is 32.1. The van der Waals surface area contributed by atoms with Crippen molar-refractivity contribution in [1.82, 2.24) is 14.5 Å². The van der Waals surface area contributed by atoms with E-state index in [9.17, 15) is 13.6 Å². The van der Waals surface area contributed by atoms with Gasteiger partial charge in [0, 0.05) is 19.2 Å². The van der Waals surface area contributed by atoms with E-state index in [1.165, 1.54) is 10.6 Å². The smallest absolute Gasteiger partial charge is 0.245 e. The zero-order valence-corrected chi connectivity index (χ0v) is 12.3. The monoisotopic (exact) mass is 311 g/mol. The molecule has 0 spiro atoms. The van der Waals surface area contributed by atoms with Crippen LogP contribution in [0.4, 0.5) is 8.78 Å². The number of rotatable bonds is 2. The van der Waals surface area contributed by atoms with Gasteiger partial charge in [0.05, 0.1) is 5.52 Å². The summed E-state index contributed by atoms with van der Waals surface area (Å²) in [6.45, 7) is 3.15. The molecule has 3 rings (SSSR count). The van der Waals surface area contributed by atoms with Gasteiger partial charge in [-0.1, -0.05) is 0 Å². The minimum atomic E-state index is -0.712. The summed E-state index contributed by atoms with van der Waals surface area (Å²) in [5.74, 6) is -1.48. The maximum atomic E-state index is 13.8. The van der Waals surface area contributed by atoms with Gasteiger partial charge in [-0.05, 0) is 38.0 Å². The van der Waals surface area contributed by atoms with Crippen molar-refractivity contribution in [3.63, 3.8) is 0 Å². The molecular formula is C14H15F2N3OS. The first-order valence-corrected chi connectivity index (χ1v) is 7.28. The zero-order chi connectivity index (χ0) is 15.1. The molecule has 0 saturated carbocycles. The lowest BCUT2D eigenvalue weighted by atomic mass is 10.2. The third-order valence-electron chi connectivity index (χ3n) is 3.91. The Bertz CT molecular complexity index is 761. The molecule has 1 aliphatic heterocycles. The van der Waals surface area contributed by atoms with Crippen molar-refractivity contribution < 1.29 is 13.6 Å². The van der Waals surface area contributed by atoms with Gasteiger partial charge < -0.3 is 14.5 Å². The van der Waals surface area contributed by atoms with Crippen LogP contribution >= 0.6 is 12.2 Å². The maximum absolute atomic E-state index is 13.8. The number of carbonyl (C=O) groups is 1. The molecule has 0 aliphatic carbocycles. The fourth-order valence-electron chi connectivity index (χ4n) is 2.85. The number of hydrogen-bond acceptors (Lipinski definition) is 2. The summed E-state index contributed by atoms with van der Waals surface area (Å²) in [4.78, 5) is 16.9. The lowest BCUT2D eigenvalue weighted by molar-refractivity contribution is -0.133. The van der Waals surface area contributed by atoms with Crippen LogP contribution in [0, 0.1) is 16.4 Å². The van der Waals surface area contributed by atoms with Crippen molar-refractivity contribution >= 4 is 29.2 Å². The predicted molar refractivity (Wildman–Crippen MR) is 77.6 cm³/mol. The van der Waals surface area contributed by atoms with Gasteiger partial charge in [0.1, 0.15) is 17.4 Å². The molecule has 1 amide bonds. The molecule has 1 atom stereocenters. The van der Waals surface area contributed by atoms with E-state index in [0.717, 1.165) is 32.0 Å². The number of aromatic nitrogens is 2. The molecule has 1 saturated heterocycles. The van der Waals surface area contributed by atoms with Crippen molar-refractivity contribution in [2.75, 3.05) is 13.1 Å². The summed E-state index contributed by atoms with van der Waals surface area (Å²) in [5.41, 5.74) is 0.403. The summed E-state index contributed by atoms with van der Waals surface area (Å²) >= 11 is 5.17. The molecule has 1 unspecified atom stereocenters. The Hall–Kier alpha value is -1.76. The molecule has 7 heteroatoms. The Kier molecular flexibility index (Phi) is 3.52. The molecule has 2 heterocycles. The van der Waals surface area contributed by atoms with Gasteiger partial charge >= 0.3 is 0 Å². The first-order chi connectivity index (χ1) is 9.99. The van der Waals surface area contributed by atoms with Gasteiger partial charge in [0.15, 0.2) is 10.6 Å². The summed E-state index contributed by atoms with van der Waals surface area (Å²) < 4.78 is 28.9. The van der Waals surface area contributed by atoms with Gasteiger partial charge in [0.2, 0.25) is 5.91 Å². The second-order valence-corrected chi connectivity index (χ2v) is 5.68. The third-order valence-corrected chi connectivity index (χ3v) is 4.21. The van der Waals surface area contributed by atoms with Gasteiger partial charge in [-0.3, -0.25) is 4.79 Å². The number of aromatic amines is 1. The zero-order valence-electron chi connectivity index (χ0n) is 11.5. The van der Waals surface area contributed by atoms with Crippen LogP contribution in [0.15, 0.2) is 12.1 Å². The van der Waals surface area contributed by atoms with Crippen LogP contribution in [0.3, 0.4) is 0 Å². The standard InChI is InChI=1S/C14H15F2N3OS/c1-8(13(20)18-4-2-3-5-18)19-11-7-9(15)6-10(16)12(11)17-14(19)21/h6-8H,2-5H2,1H3,(H,17,21). The summed E-state index contributed by atoms with van der Waals surface area (Å²) in [6.07, 6.45) is 1.97. The quantitative estimate of drug-likeness (QED) is 0.866. The fourth-order valence-corrected chi connectivity index (χ4v) is 3.21. The van der Waals surface area contributed by atoms with Gasteiger partial charge in [0.25, 0.3) is 0 Å². The molecule has 1 N–H and O–H groups in total. The van der Waals surface area contributed by atoms with Crippen molar-refractivity contribution in [3.05, 3.63) is 28.5 Å². The Morgan fingerprint density at radius 1 is 1.33 bits per heavy atom. The van der Waals surface area contributed by atoms with E-state index in [0.29, 0.717) is 0 Å².